The van der Waals surface area contributed by atoms with E-state index in [2.05, 4.69) is 28.8 Å². The number of nitrogens with zero attached hydrogens (tertiary/aromatic N) is 1. The molecule has 0 saturated heterocycles. The molecule has 0 aliphatic rings. The monoisotopic (exact) mass is 320 g/mol. The number of benzene rings is 1. The van der Waals surface area contributed by atoms with Crippen LogP contribution in [0.25, 0.3) is 0 Å². The summed E-state index contributed by atoms with van der Waals surface area (Å²) in [6.45, 7) is 2.65. The molecule has 0 fully saturated rings. The Morgan fingerprint density at radius 3 is 2.48 bits per heavy atom. The molecule has 0 aliphatic carbocycles. The van der Waals surface area contributed by atoms with Gasteiger partial charge in [-0.2, -0.15) is 8.78 Å². The molecule has 1 atom stereocenters. The summed E-state index contributed by atoms with van der Waals surface area (Å²) in [6, 6.07) is 5.02. The minimum absolute atomic E-state index is 0.160. The van der Waals surface area contributed by atoms with Gasteiger partial charge in [0, 0.05) is 29.7 Å². The Bertz CT molecular complexity index is 434. The quantitative estimate of drug-likeness (QED) is 0.792. The van der Waals surface area contributed by atoms with E-state index in [1.807, 2.05) is 14.1 Å². The van der Waals surface area contributed by atoms with Crippen LogP contribution >= 0.6 is 11.6 Å². The number of nitrogens with one attached hydrogen (secondary N) is 1. The highest BCUT2D eigenvalue weighted by atomic mass is 35.5. The highest BCUT2D eigenvalue weighted by molar-refractivity contribution is 6.30. The van der Waals surface area contributed by atoms with E-state index < -0.39 is 6.61 Å². The van der Waals surface area contributed by atoms with Gasteiger partial charge in [0.1, 0.15) is 5.75 Å². The molecule has 0 aliphatic heterocycles. The largest absolute Gasteiger partial charge is 0.434 e. The summed E-state index contributed by atoms with van der Waals surface area (Å²) < 4.78 is 29.3. The molecule has 0 radical (unpaired) electrons. The summed E-state index contributed by atoms with van der Waals surface area (Å²) in [5.74, 6) is 0.650. The van der Waals surface area contributed by atoms with E-state index in [1.165, 1.54) is 6.07 Å². The number of hydrogen-bond donors (Lipinski definition) is 1. The topological polar surface area (TPSA) is 24.5 Å². The van der Waals surface area contributed by atoms with Crippen molar-refractivity contribution in [3.63, 3.8) is 0 Å². The van der Waals surface area contributed by atoms with Crippen molar-refractivity contribution in [1.29, 1.82) is 0 Å². The maximum absolute atomic E-state index is 12.4. The van der Waals surface area contributed by atoms with Gasteiger partial charge in [-0.15, -0.1) is 0 Å². The fourth-order valence-corrected chi connectivity index (χ4v) is 2.46. The van der Waals surface area contributed by atoms with Gasteiger partial charge in [0.2, 0.25) is 0 Å². The maximum Gasteiger partial charge on any atom is 0.387 e. The molecule has 0 spiro atoms. The van der Waals surface area contributed by atoms with Crippen LogP contribution in [0.15, 0.2) is 18.2 Å². The Morgan fingerprint density at radius 1 is 1.29 bits per heavy atom. The lowest BCUT2D eigenvalue weighted by Gasteiger charge is -2.28. The van der Waals surface area contributed by atoms with Crippen LogP contribution in [0, 0.1) is 5.92 Å². The predicted molar refractivity (Wildman–Crippen MR) is 82.1 cm³/mol. The number of rotatable bonds is 8. The fraction of sp³-hybridized carbons (Fsp3) is 0.600. The van der Waals surface area contributed by atoms with Gasteiger partial charge < -0.3 is 15.0 Å². The van der Waals surface area contributed by atoms with Crippen LogP contribution in [0.2, 0.25) is 5.02 Å². The van der Waals surface area contributed by atoms with E-state index in [-0.39, 0.29) is 5.75 Å². The second-order valence-corrected chi connectivity index (χ2v) is 5.97. The first-order chi connectivity index (χ1) is 9.81. The van der Waals surface area contributed by atoms with Gasteiger partial charge in [0.25, 0.3) is 0 Å². The van der Waals surface area contributed by atoms with Gasteiger partial charge in [-0.3, -0.25) is 0 Å². The predicted octanol–water partition coefficient (Wildman–Crippen LogP) is 3.62. The average Bonchev–Trinajstić information content (AvgIpc) is 2.36. The van der Waals surface area contributed by atoms with Crippen LogP contribution < -0.4 is 10.1 Å². The molecule has 0 aromatic heterocycles. The van der Waals surface area contributed by atoms with E-state index in [4.69, 9.17) is 11.6 Å². The molecular weight excluding hydrogens is 298 g/mol. The van der Waals surface area contributed by atoms with Gasteiger partial charge in [-0.05, 0) is 38.2 Å². The smallest absolute Gasteiger partial charge is 0.387 e. The fourth-order valence-electron chi connectivity index (χ4n) is 2.27. The third kappa shape index (κ3) is 6.16. The van der Waals surface area contributed by atoms with Crippen LogP contribution in [0.1, 0.15) is 19.4 Å². The van der Waals surface area contributed by atoms with Crippen LogP contribution in [-0.2, 0) is 6.54 Å². The highest BCUT2D eigenvalue weighted by Crippen LogP contribution is 2.24. The molecule has 1 rings (SSSR count). The Kier molecular flexibility index (Phi) is 7.35. The van der Waals surface area contributed by atoms with Crippen molar-refractivity contribution in [3.05, 3.63) is 28.8 Å². The molecular formula is C15H23ClF2N2O. The van der Waals surface area contributed by atoms with Crippen LogP contribution in [0.5, 0.6) is 5.75 Å². The van der Waals surface area contributed by atoms with Crippen molar-refractivity contribution in [3.8, 4) is 5.75 Å². The van der Waals surface area contributed by atoms with Crippen molar-refractivity contribution in [1.82, 2.24) is 10.2 Å². The third-order valence-electron chi connectivity index (χ3n) is 3.34. The lowest BCUT2D eigenvalue weighted by Crippen LogP contribution is -2.41. The summed E-state index contributed by atoms with van der Waals surface area (Å²) in [4.78, 5) is 2.15. The highest BCUT2D eigenvalue weighted by Gasteiger charge is 2.16. The second-order valence-electron chi connectivity index (χ2n) is 5.54. The first-order valence-corrected chi connectivity index (χ1v) is 7.29. The molecule has 0 amide bonds. The van der Waals surface area contributed by atoms with Gasteiger partial charge >= 0.3 is 6.61 Å². The maximum atomic E-state index is 12.4. The lowest BCUT2D eigenvalue weighted by molar-refractivity contribution is -0.0505. The van der Waals surface area contributed by atoms with Gasteiger partial charge in [-0.25, -0.2) is 0 Å². The number of ether oxygens (including phenoxy) is 1. The van der Waals surface area contributed by atoms with Gasteiger partial charge in [-0.1, -0.05) is 25.4 Å². The first kappa shape index (κ1) is 18.1. The van der Waals surface area contributed by atoms with E-state index >= 15 is 0 Å². The van der Waals surface area contributed by atoms with Gasteiger partial charge in [0.05, 0.1) is 0 Å². The summed E-state index contributed by atoms with van der Waals surface area (Å²) >= 11 is 5.92. The molecule has 0 heterocycles. The standard InChI is InChI=1S/C15H23ClF2N2O/c1-10(2)13(20(3)4)9-19-8-11-7-12(16)5-6-14(11)21-15(17)18/h5-7,10,13,15,19H,8-9H2,1-4H3. The Balaban J connectivity index is 2.67. The van der Waals surface area contributed by atoms with E-state index in [0.29, 0.717) is 29.1 Å². The third-order valence-corrected chi connectivity index (χ3v) is 3.58. The van der Waals surface area contributed by atoms with Crippen LogP contribution in [0.4, 0.5) is 8.78 Å². The van der Waals surface area contributed by atoms with Crippen molar-refractivity contribution in [2.75, 3.05) is 20.6 Å². The molecule has 6 heteroatoms. The van der Waals surface area contributed by atoms with E-state index in [9.17, 15) is 8.78 Å². The Labute approximate surface area is 130 Å². The number of likely N-dealkylation sites (N-methyl/N-ethyl adjacent to an activating group) is 1. The molecule has 1 aromatic rings. The Hall–Kier alpha value is -0.910. The van der Waals surface area contributed by atoms with Gasteiger partial charge in [0.15, 0.2) is 0 Å². The minimum atomic E-state index is -2.84. The van der Waals surface area contributed by atoms with E-state index in [1.54, 1.807) is 12.1 Å². The molecule has 21 heavy (non-hydrogen) atoms. The van der Waals surface area contributed by atoms with Crippen molar-refractivity contribution in [2.45, 2.75) is 33.0 Å². The number of halogens is 3. The normalized spacial score (nSPS) is 13.2. The van der Waals surface area contributed by atoms with Crippen molar-refractivity contribution >= 4 is 11.6 Å². The average molecular weight is 321 g/mol. The summed E-state index contributed by atoms with van der Waals surface area (Å²) in [5, 5.41) is 3.78. The second kappa shape index (κ2) is 8.51. The Morgan fingerprint density at radius 2 is 1.95 bits per heavy atom. The molecule has 0 saturated carbocycles. The first-order valence-electron chi connectivity index (χ1n) is 6.91. The lowest BCUT2D eigenvalue weighted by atomic mass is 10.0. The molecule has 1 unspecified atom stereocenters. The minimum Gasteiger partial charge on any atom is -0.434 e. The summed E-state index contributed by atoms with van der Waals surface area (Å²) in [5.41, 5.74) is 0.629. The zero-order valence-corrected chi connectivity index (χ0v) is 13.6. The SMILES string of the molecule is CC(C)C(CNCc1cc(Cl)ccc1OC(F)F)N(C)C. The summed E-state index contributed by atoms with van der Waals surface area (Å²) in [6.07, 6.45) is 0. The summed E-state index contributed by atoms with van der Waals surface area (Å²) in [7, 11) is 4.05. The van der Waals surface area contributed by atoms with Crippen LogP contribution in [0.3, 0.4) is 0 Å². The van der Waals surface area contributed by atoms with Crippen molar-refractivity contribution in [2.24, 2.45) is 5.92 Å². The number of hydrogen-bond acceptors (Lipinski definition) is 3. The molecule has 1 aromatic carbocycles. The number of alkyl halides is 2. The van der Waals surface area contributed by atoms with Crippen LogP contribution in [-0.4, -0.2) is 38.2 Å². The zero-order chi connectivity index (χ0) is 16.0. The molecule has 1 N–H and O–H groups in total. The van der Waals surface area contributed by atoms with Crippen molar-refractivity contribution < 1.29 is 13.5 Å². The molecule has 0 bridgehead atoms. The van der Waals surface area contributed by atoms with E-state index in [0.717, 1.165) is 6.54 Å². The molecule has 3 nitrogen and oxygen atoms in total. The molecule has 120 valence electrons. The zero-order valence-electron chi connectivity index (χ0n) is 12.9.